The van der Waals surface area contributed by atoms with Crippen LogP contribution in [0.25, 0.3) is 0 Å². The van der Waals surface area contributed by atoms with Gasteiger partial charge in [-0.05, 0) is 25.0 Å². The number of ketones is 1. The topological polar surface area (TPSA) is 40.6 Å². The molecule has 1 amide bonds. The normalized spacial score (nSPS) is 14.3. The highest BCUT2D eigenvalue weighted by Crippen LogP contribution is 2.32. The van der Waals surface area contributed by atoms with Gasteiger partial charge < -0.3 is 9.80 Å². The summed E-state index contributed by atoms with van der Waals surface area (Å²) in [4.78, 5) is 27.5. The Morgan fingerprint density at radius 1 is 1.20 bits per heavy atom. The highest BCUT2D eigenvalue weighted by atomic mass is 16.2. The Labute approximate surface area is 119 Å². The monoisotopic (exact) mass is 272 g/mol. The summed E-state index contributed by atoms with van der Waals surface area (Å²) < 4.78 is 0. The predicted octanol–water partition coefficient (Wildman–Crippen LogP) is 2.32. The van der Waals surface area contributed by atoms with E-state index in [1.54, 1.807) is 30.3 Å². The molecular weight excluding hydrogens is 252 g/mol. The summed E-state index contributed by atoms with van der Waals surface area (Å²) in [7, 11) is 5.49. The van der Waals surface area contributed by atoms with E-state index in [1.807, 2.05) is 31.1 Å². The Balaban J connectivity index is 2.14. The number of carbonyl (C=O) groups excluding carboxylic acids is 2. The van der Waals surface area contributed by atoms with Crippen LogP contribution >= 0.6 is 0 Å². The van der Waals surface area contributed by atoms with Crippen LogP contribution in [0.2, 0.25) is 0 Å². The quantitative estimate of drug-likeness (QED) is 0.610. The zero-order valence-corrected chi connectivity index (χ0v) is 12.2. The van der Waals surface area contributed by atoms with Crippen LogP contribution in [-0.2, 0) is 4.79 Å². The lowest BCUT2D eigenvalue weighted by atomic mass is 10.1. The molecule has 0 spiro atoms. The van der Waals surface area contributed by atoms with Gasteiger partial charge in [0, 0.05) is 50.6 Å². The summed E-state index contributed by atoms with van der Waals surface area (Å²) in [6.45, 7) is 0. The van der Waals surface area contributed by atoms with Crippen LogP contribution in [0.3, 0.4) is 0 Å². The zero-order chi connectivity index (χ0) is 14.7. The number of anilines is 1. The Hall–Kier alpha value is -2.10. The smallest absolute Gasteiger partial charge is 0.229 e. The molecule has 106 valence electrons. The number of carbonyl (C=O) groups is 2. The van der Waals surface area contributed by atoms with E-state index in [-0.39, 0.29) is 17.6 Å². The van der Waals surface area contributed by atoms with Crippen molar-refractivity contribution in [1.29, 1.82) is 0 Å². The number of rotatable bonds is 5. The lowest BCUT2D eigenvalue weighted by Gasteiger charge is -2.17. The predicted molar refractivity (Wildman–Crippen MR) is 79.7 cm³/mol. The second-order valence-corrected chi connectivity index (χ2v) is 5.37. The SMILES string of the molecule is CN(C)/C=C/C(=O)c1cccc(N(C)C(=O)C2CC2)c1. The Morgan fingerprint density at radius 3 is 2.50 bits per heavy atom. The second kappa shape index (κ2) is 5.90. The van der Waals surface area contributed by atoms with Crippen molar-refractivity contribution in [2.24, 2.45) is 5.92 Å². The van der Waals surface area contributed by atoms with Crippen molar-refractivity contribution >= 4 is 17.4 Å². The minimum Gasteiger partial charge on any atom is -0.383 e. The van der Waals surface area contributed by atoms with Crippen LogP contribution in [0, 0.1) is 5.92 Å². The maximum absolute atomic E-state index is 12.0. The van der Waals surface area contributed by atoms with Gasteiger partial charge in [-0.25, -0.2) is 0 Å². The maximum atomic E-state index is 12.0. The highest BCUT2D eigenvalue weighted by Gasteiger charge is 2.32. The Bertz CT molecular complexity index is 545. The number of allylic oxidation sites excluding steroid dienone is 1. The Kier molecular flexibility index (Phi) is 4.23. The van der Waals surface area contributed by atoms with E-state index in [4.69, 9.17) is 0 Å². The van der Waals surface area contributed by atoms with Crippen LogP contribution in [0.5, 0.6) is 0 Å². The molecule has 0 radical (unpaired) electrons. The third-order valence-corrected chi connectivity index (χ3v) is 3.30. The second-order valence-electron chi connectivity index (χ2n) is 5.37. The molecule has 0 N–H and O–H groups in total. The molecule has 1 aromatic rings. The molecule has 4 nitrogen and oxygen atoms in total. The molecule has 20 heavy (non-hydrogen) atoms. The van der Waals surface area contributed by atoms with E-state index in [0.717, 1.165) is 18.5 Å². The van der Waals surface area contributed by atoms with Crippen molar-refractivity contribution in [3.63, 3.8) is 0 Å². The van der Waals surface area contributed by atoms with Crippen molar-refractivity contribution in [3.8, 4) is 0 Å². The van der Waals surface area contributed by atoms with E-state index < -0.39 is 0 Å². The van der Waals surface area contributed by atoms with Crippen LogP contribution < -0.4 is 4.90 Å². The third kappa shape index (κ3) is 3.47. The van der Waals surface area contributed by atoms with Crippen molar-refractivity contribution in [1.82, 2.24) is 4.90 Å². The van der Waals surface area contributed by atoms with Gasteiger partial charge in [0.25, 0.3) is 0 Å². The van der Waals surface area contributed by atoms with Crippen LogP contribution in [0.1, 0.15) is 23.2 Å². The summed E-state index contributed by atoms with van der Waals surface area (Å²) in [5, 5.41) is 0. The molecule has 0 aromatic heterocycles. The first kappa shape index (κ1) is 14.3. The summed E-state index contributed by atoms with van der Waals surface area (Å²) >= 11 is 0. The average molecular weight is 272 g/mol. The van der Waals surface area contributed by atoms with Crippen molar-refractivity contribution in [3.05, 3.63) is 42.1 Å². The van der Waals surface area contributed by atoms with Gasteiger partial charge in [0.05, 0.1) is 0 Å². The van der Waals surface area contributed by atoms with Gasteiger partial charge in [0.15, 0.2) is 5.78 Å². The first-order valence-electron chi connectivity index (χ1n) is 6.75. The molecule has 0 atom stereocenters. The van der Waals surface area contributed by atoms with Crippen molar-refractivity contribution < 1.29 is 9.59 Å². The van der Waals surface area contributed by atoms with E-state index in [9.17, 15) is 9.59 Å². The molecule has 0 unspecified atom stereocenters. The van der Waals surface area contributed by atoms with Gasteiger partial charge in [0.1, 0.15) is 0 Å². The fraction of sp³-hybridized carbons (Fsp3) is 0.375. The fourth-order valence-electron chi connectivity index (χ4n) is 1.91. The van der Waals surface area contributed by atoms with Gasteiger partial charge in [-0.1, -0.05) is 12.1 Å². The zero-order valence-electron chi connectivity index (χ0n) is 12.2. The number of nitrogens with zero attached hydrogens (tertiary/aromatic N) is 2. The summed E-state index contributed by atoms with van der Waals surface area (Å²) in [6, 6.07) is 7.19. The van der Waals surface area contributed by atoms with Crippen LogP contribution in [0.15, 0.2) is 36.5 Å². The summed E-state index contributed by atoms with van der Waals surface area (Å²) in [5.74, 6) is 0.249. The third-order valence-electron chi connectivity index (χ3n) is 3.30. The first-order chi connectivity index (χ1) is 9.49. The molecule has 1 aliphatic rings. The molecule has 0 bridgehead atoms. The molecule has 1 aromatic carbocycles. The molecule has 1 fully saturated rings. The van der Waals surface area contributed by atoms with Gasteiger partial charge in [-0.15, -0.1) is 0 Å². The fourth-order valence-corrected chi connectivity index (χ4v) is 1.91. The van der Waals surface area contributed by atoms with Gasteiger partial charge in [-0.2, -0.15) is 0 Å². The van der Waals surface area contributed by atoms with Crippen LogP contribution in [-0.4, -0.2) is 37.7 Å². The average Bonchev–Trinajstić information content (AvgIpc) is 3.27. The molecular formula is C16H20N2O2. The lowest BCUT2D eigenvalue weighted by molar-refractivity contribution is -0.119. The van der Waals surface area contributed by atoms with Crippen molar-refractivity contribution in [2.45, 2.75) is 12.8 Å². The van der Waals surface area contributed by atoms with Crippen molar-refractivity contribution in [2.75, 3.05) is 26.0 Å². The first-order valence-corrected chi connectivity index (χ1v) is 6.75. The summed E-state index contributed by atoms with van der Waals surface area (Å²) in [6.07, 6.45) is 5.20. The van der Waals surface area contributed by atoms with E-state index >= 15 is 0 Å². The van der Waals surface area contributed by atoms with Gasteiger partial charge in [0.2, 0.25) is 5.91 Å². The standard InChI is InChI=1S/C16H20N2O2/c1-17(2)10-9-15(19)13-5-4-6-14(11-13)18(3)16(20)12-7-8-12/h4-6,9-12H,7-8H2,1-3H3/b10-9+. The molecule has 0 heterocycles. The van der Waals surface area contributed by atoms with Gasteiger partial charge >= 0.3 is 0 Å². The van der Waals surface area contributed by atoms with E-state index in [2.05, 4.69) is 0 Å². The number of benzene rings is 1. The molecule has 1 aliphatic carbocycles. The largest absolute Gasteiger partial charge is 0.383 e. The minimum absolute atomic E-state index is 0.0622. The molecule has 4 heteroatoms. The van der Waals surface area contributed by atoms with E-state index in [0.29, 0.717) is 5.56 Å². The molecule has 1 saturated carbocycles. The number of hydrogen-bond acceptors (Lipinski definition) is 3. The molecule has 2 rings (SSSR count). The van der Waals surface area contributed by atoms with Crippen LogP contribution in [0.4, 0.5) is 5.69 Å². The number of hydrogen-bond donors (Lipinski definition) is 0. The molecule has 0 aliphatic heterocycles. The van der Waals surface area contributed by atoms with Gasteiger partial charge in [-0.3, -0.25) is 9.59 Å². The minimum atomic E-state index is -0.0622. The Morgan fingerprint density at radius 2 is 1.90 bits per heavy atom. The maximum Gasteiger partial charge on any atom is 0.229 e. The lowest BCUT2D eigenvalue weighted by Crippen LogP contribution is -2.27. The van der Waals surface area contributed by atoms with E-state index in [1.165, 1.54) is 6.08 Å². The molecule has 0 saturated heterocycles. The number of amides is 1. The summed E-state index contributed by atoms with van der Waals surface area (Å²) in [5.41, 5.74) is 1.36. The highest BCUT2D eigenvalue weighted by molar-refractivity contribution is 6.05.